The molecule has 0 amide bonds. The van der Waals surface area contributed by atoms with Gasteiger partial charge < -0.3 is 10.2 Å². The van der Waals surface area contributed by atoms with Gasteiger partial charge in [-0.15, -0.1) is 41.9 Å². The number of nitrogens with zero attached hydrogens (tertiary/aromatic N) is 3. The molecule has 1 aromatic heterocycles. The zero-order valence-electron chi connectivity index (χ0n) is 14.4. The van der Waals surface area contributed by atoms with Crippen LogP contribution < -0.4 is 5.32 Å². The minimum Gasteiger partial charge on any atom is -0.355 e. The Labute approximate surface area is 166 Å². The summed E-state index contributed by atoms with van der Waals surface area (Å²) in [6, 6.07) is 3.36. The number of sulfonamides is 1. The van der Waals surface area contributed by atoms with Gasteiger partial charge in [0.1, 0.15) is 4.21 Å². The molecule has 0 fully saturated rings. The van der Waals surface area contributed by atoms with E-state index < -0.39 is 10.0 Å². The highest BCUT2D eigenvalue weighted by atomic mass is 127. The largest absolute Gasteiger partial charge is 0.355 e. The quantitative estimate of drug-likeness (QED) is 0.192. The minimum absolute atomic E-state index is 0. The molecule has 0 saturated heterocycles. The van der Waals surface area contributed by atoms with Crippen molar-refractivity contribution in [1.29, 1.82) is 0 Å². The van der Waals surface area contributed by atoms with Crippen LogP contribution in [0.2, 0.25) is 0 Å². The zero-order chi connectivity index (χ0) is 17.3. The highest BCUT2D eigenvalue weighted by molar-refractivity contribution is 14.0. The number of halogens is 1. The van der Waals surface area contributed by atoms with E-state index in [9.17, 15) is 8.42 Å². The fraction of sp³-hybridized carbons (Fsp3) is 0.533. The van der Waals surface area contributed by atoms with Crippen molar-refractivity contribution in [3.8, 4) is 0 Å². The molecule has 6 nitrogen and oxygen atoms in total. The molecule has 1 aromatic rings. The van der Waals surface area contributed by atoms with Gasteiger partial charge in [0.15, 0.2) is 5.96 Å². The van der Waals surface area contributed by atoms with Crippen molar-refractivity contribution >= 4 is 51.3 Å². The average Bonchev–Trinajstić information content (AvgIpc) is 3.06. The highest BCUT2D eigenvalue weighted by Crippen LogP contribution is 2.19. The van der Waals surface area contributed by atoms with Crippen molar-refractivity contribution in [2.45, 2.75) is 17.1 Å². The number of nitrogens with one attached hydrogen (secondary N) is 1. The Kier molecular flexibility index (Phi) is 11.5. The standard InChI is InChI=1S/C15H26N4O2S2.HI/c1-5-6-7-11-18(3)15(16-2)17-10-12-19(4)23(20,21)14-9-8-13-22-14;/h5,8-9,13H,1,6-7,10-12H2,2-4H3,(H,16,17);1H. The van der Waals surface area contributed by atoms with Gasteiger partial charge in [0.25, 0.3) is 10.0 Å². The Morgan fingerprint density at radius 3 is 2.67 bits per heavy atom. The second kappa shape index (κ2) is 11.8. The topological polar surface area (TPSA) is 65.0 Å². The van der Waals surface area contributed by atoms with E-state index in [1.807, 2.05) is 18.0 Å². The third-order valence-corrected chi connectivity index (χ3v) is 6.57. The maximum absolute atomic E-state index is 12.3. The first-order chi connectivity index (χ1) is 10.9. The molecule has 0 aromatic carbocycles. The summed E-state index contributed by atoms with van der Waals surface area (Å²) in [5.41, 5.74) is 0. The third-order valence-electron chi connectivity index (χ3n) is 3.34. The average molecular weight is 486 g/mol. The molecule has 0 aliphatic heterocycles. The molecule has 0 unspecified atom stereocenters. The number of aliphatic imine (C=N–C) groups is 1. The van der Waals surface area contributed by atoms with Gasteiger partial charge >= 0.3 is 0 Å². The van der Waals surface area contributed by atoms with Crippen LogP contribution >= 0.6 is 35.3 Å². The number of likely N-dealkylation sites (N-methyl/N-ethyl adjacent to an activating group) is 1. The van der Waals surface area contributed by atoms with Gasteiger partial charge in [-0.05, 0) is 24.3 Å². The summed E-state index contributed by atoms with van der Waals surface area (Å²) in [4.78, 5) is 6.24. The molecule has 0 atom stereocenters. The smallest absolute Gasteiger partial charge is 0.252 e. The minimum atomic E-state index is -3.39. The first kappa shape index (κ1) is 23.4. The molecule has 1 rings (SSSR count). The number of unbranched alkanes of at least 4 members (excludes halogenated alkanes) is 1. The maximum atomic E-state index is 12.3. The molecule has 138 valence electrons. The summed E-state index contributed by atoms with van der Waals surface area (Å²) < 4.78 is 26.3. The first-order valence-electron chi connectivity index (χ1n) is 7.46. The van der Waals surface area contributed by atoms with Crippen molar-refractivity contribution in [1.82, 2.24) is 14.5 Å². The summed E-state index contributed by atoms with van der Waals surface area (Å²) in [5.74, 6) is 0.760. The maximum Gasteiger partial charge on any atom is 0.252 e. The van der Waals surface area contributed by atoms with Gasteiger partial charge in [-0.3, -0.25) is 4.99 Å². The predicted molar refractivity (Wildman–Crippen MR) is 113 cm³/mol. The van der Waals surface area contributed by atoms with Gasteiger partial charge in [-0.1, -0.05) is 12.1 Å². The molecule has 0 aliphatic carbocycles. The Morgan fingerprint density at radius 2 is 2.12 bits per heavy atom. The van der Waals surface area contributed by atoms with E-state index in [1.165, 1.54) is 15.6 Å². The molecule has 0 radical (unpaired) electrons. The molecule has 9 heteroatoms. The Bertz CT molecular complexity index is 603. The summed E-state index contributed by atoms with van der Waals surface area (Å²) in [7, 11) is 1.88. The zero-order valence-corrected chi connectivity index (χ0v) is 18.4. The van der Waals surface area contributed by atoms with Crippen LogP contribution in [0.15, 0.2) is 39.4 Å². The Morgan fingerprint density at radius 1 is 1.42 bits per heavy atom. The van der Waals surface area contributed by atoms with Crippen LogP contribution in [-0.2, 0) is 10.0 Å². The van der Waals surface area contributed by atoms with Crippen LogP contribution in [0.1, 0.15) is 12.8 Å². The van der Waals surface area contributed by atoms with Gasteiger partial charge in [0.2, 0.25) is 0 Å². The van der Waals surface area contributed by atoms with E-state index in [0.717, 1.165) is 25.3 Å². The van der Waals surface area contributed by atoms with Crippen LogP contribution in [0, 0.1) is 0 Å². The second-order valence-electron chi connectivity index (χ2n) is 5.09. The lowest BCUT2D eigenvalue weighted by atomic mass is 10.3. The lowest BCUT2D eigenvalue weighted by Gasteiger charge is -2.23. The highest BCUT2D eigenvalue weighted by Gasteiger charge is 2.21. The molecule has 0 spiro atoms. The SMILES string of the molecule is C=CCCCN(C)C(=NC)NCCN(C)S(=O)(=O)c1cccs1.I. The number of thiophene rings is 1. The molecular formula is C15H27IN4O2S2. The lowest BCUT2D eigenvalue weighted by Crippen LogP contribution is -2.43. The van der Waals surface area contributed by atoms with E-state index in [1.54, 1.807) is 31.6 Å². The van der Waals surface area contributed by atoms with E-state index in [0.29, 0.717) is 17.3 Å². The van der Waals surface area contributed by atoms with Crippen LogP contribution in [0.5, 0.6) is 0 Å². The van der Waals surface area contributed by atoms with E-state index >= 15 is 0 Å². The van der Waals surface area contributed by atoms with Gasteiger partial charge in [-0.25, -0.2) is 8.42 Å². The molecule has 0 saturated carbocycles. The van der Waals surface area contributed by atoms with Gasteiger partial charge in [0.05, 0.1) is 0 Å². The van der Waals surface area contributed by atoms with E-state index in [4.69, 9.17) is 0 Å². The van der Waals surface area contributed by atoms with Crippen molar-refractivity contribution in [2.24, 2.45) is 4.99 Å². The molecule has 1 heterocycles. The number of hydrogen-bond acceptors (Lipinski definition) is 4. The van der Waals surface area contributed by atoms with Crippen molar-refractivity contribution in [3.63, 3.8) is 0 Å². The predicted octanol–water partition coefficient (Wildman–Crippen LogP) is 2.46. The summed E-state index contributed by atoms with van der Waals surface area (Å²) in [5, 5.41) is 4.95. The fourth-order valence-electron chi connectivity index (χ4n) is 1.97. The third kappa shape index (κ3) is 7.08. The monoisotopic (exact) mass is 486 g/mol. The Balaban J connectivity index is 0.00000529. The molecule has 1 N–H and O–H groups in total. The van der Waals surface area contributed by atoms with Gasteiger partial charge in [-0.2, -0.15) is 4.31 Å². The Hall–Kier alpha value is -0.650. The molecular weight excluding hydrogens is 459 g/mol. The fourth-order valence-corrected chi connectivity index (χ4v) is 4.35. The summed E-state index contributed by atoms with van der Waals surface area (Å²) in [6.45, 7) is 5.45. The first-order valence-corrected chi connectivity index (χ1v) is 9.78. The van der Waals surface area contributed by atoms with Crippen LogP contribution in [-0.4, -0.2) is 64.4 Å². The van der Waals surface area contributed by atoms with Crippen molar-refractivity contribution < 1.29 is 8.42 Å². The summed E-state index contributed by atoms with van der Waals surface area (Å²) in [6.07, 6.45) is 3.87. The molecule has 0 aliphatic rings. The molecule has 0 bridgehead atoms. The van der Waals surface area contributed by atoms with Crippen LogP contribution in [0.25, 0.3) is 0 Å². The number of guanidine groups is 1. The van der Waals surface area contributed by atoms with E-state index in [2.05, 4.69) is 16.9 Å². The molecule has 24 heavy (non-hydrogen) atoms. The van der Waals surface area contributed by atoms with E-state index in [-0.39, 0.29) is 24.0 Å². The van der Waals surface area contributed by atoms with Crippen molar-refractivity contribution in [2.75, 3.05) is 40.8 Å². The lowest BCUT2D eigenvalue weighted by molar-refractivity contribution is 0.449. The van der Waals surface area contributed by atoms with Crippen LogP contribution in [0.3, 0.4) is 0 Å². The number of hydrogen-bond donors (Lipinski definition) is 1. The number of rotatable bonds is 9. The van der Waals surface area contributed by atoms with Crippen LogP contribution in [0.4, 0.5) is 0 Å². The van der Waals surface area contributed by atoms with Crippen molar-refractivity contribution in [3.05, 3.63) is 30.2 Å². The number of allylic oxidation sites excluding steroid dienone is 1. The second-order valence-corrected chi connectivity index (χ2v) is 8.30. The van der Waals surface area contributed by atoms with Gasteiger partial charge in [0, 0.05) is 40.8 Å². The normalized spacial score (nSPS) is 11.9. The summed E-state index contributed by atoms with van der Waals surface area (Å²) >= 11 is 1.23.